The molecular formula is C15H20F3N3O2S. The fourth-order valence-electron chi connectivity index (χ4n) is 3.34. The topological polar surface area (TPSA) is 53.5 Å². The highest BCUT2D eigenvalue weighted by Gasteiger charge is 2.37. The second-order valence-corrected chi connectivity index (χ2v) is 8.45. The highest BCUT2D eigenvalue weighted by molar-refractivity contribution is 7.89. The number of sulfonamides is 1. The molecule has 2 aliphatic rings. The maximum absolute atomic E-state index is 12.8. The lowest BCUT2D eigenvalue weighted by molar-refractivity contribution is -0.141. The van der Waals surface area contributed by atoms with Gasteiger partial charge in [-0.3, -0.25) is 4.98 Å². The number of rotatable bonds is 3. The SMILES string of the molecule is O=S(=O)(C1CCN(c2ccnc(C(F)(F)F)c2)CC1)N1CCCC1. The Morgan fingerprint density at radius 1 is 1.08 bits per heavy atom. The summed E-state index contributed by atoms with van der Waals surface area (Å²) in [6, 6.07) is 2.56. The van der Waals surface area contributed by atoms with Crippen molar-refractivity contribution in [2.45, 2.75) is 37.1 Å². The number of hydrogen-bond donors (Lipinski definition) is 0. The summed E-state index contributed by atoms with van der Waals surface area (Å²) in [6.07, 6.45) is -0.672. The lowest BCUT2D eigenvalue weighted by Crippen LogP contribution is -2.44. The molecule has 0 aliphatic carbocycles. The van der Waals surface area contributed by atoms with E-state index in [-0.39, 0.29) is 0 Å². The fourth-order valence-corrected chi connectivity index (χ4v) is 5.33. The van der Waals surface area contributed by atoms with Crippen LogP contribution in [-0.2, 0) is 16.2 Å². The van der Waals surface area contributed by atoms with Crippen molar-refractivity contribution in [3.8, 4) is 0 Å². The number of halogens is 3. The van der Waals surface area contributed by atoms with Crippen molar-refractivity contribution < 1.29 is 21.6 Å². The van der Waals surface area contributed by atoms with E-state index in [0.717, 1.165) is 25.1 Å². The van der Waals surface area contributed by atoms with E-state index in [9.17, 15) is 21.6 Å². The van der Waals surface area contributed by atoms with Gasteiger partial charge in [0.2, 0.25) is 10.0 Å². The summed E-state index contributed by atoms with van der Waals surface area (Å²) in [5, 5.41) is -0.434. The number of aromatic nitrogens is 1. The number of pyridine rings is 1. The van der Waals surface area contributed by atoms with Crippen molar-refractivity contribution in [3.05, 3.63) is 24.0 Å². The summed E-state index contributed by atoms with van der Waals surface area (Å²) in [7, 11) is -3.28. The van der Waals surface area contributed by atoms with Crippen molar-refractivity contribution in [1.82, 2.24) is 9.29 Å². The summed E-state index contributed by atoms with van der Waals surface area (Å²) in [4.78, 5) is 5.16. The first-order valence-corrected chi connectivity index (χ1v) is 9.56. The number of nitrogens with zero attached hydrogens (tertiary/aromatic N) is 3. The van der Waals surface area contributed by atoms with Crippen LogP contribution >= 0.6 is 0 Å². The van der Waals surface area contributed by atoms with Crippen LogP contribution in [0, 0.1) is 0 Å². The summed E-state index contributed by atoms with van der Waals surface area (Å²) in [6.45, 7) is 2.03. The molecule has 0 N–H and O–H groups in total. The molecule has 24 heavy (non-hydrogen) atoms. The molecule has 3 heterocycles. The largest absolute Gasteiger partial charge is 0.433 e. The zero-order chi connectivity index (χ0) is 17.4. The molecule has 2 fully saturated rings. The highest BCUT2D eigenvalue weighted by Crippen LogP contribution is 2.31. The molecule has 0 atom stereocenters. The quantitative estimate of drug-likeness (QED) is 0.828. The van der Waals surface area contributed by atoms with Gasteiger partial charge in [-0.15, -0.1) is 0 Å². The zero-order valence-electron chi connectivity index (χ0n) is 13.2. The van der Waals surface area contributed by atoms with Crippen LogP contribution in [0.2, 0.25) is 0 Å². The first-order chi connectivity index (χ1) is 11.3. The number of hydrogen-bond acceptors (Lipinski definition) is 4. The van der Waals surface area contributed by atoms with Crippen LogP contribution in [0.5, 0.6) is 0 Å². The summed E-state index contributed by atoms with van der Waals surface area (Å²) in [5.74, 6) is 0. The van der Waals surface area contributed by atoms with Gasteiger partial charge in [0.15, 0.2) is 0 Å². The summed E-state index contributed by atoms with van der Waals surface area (Å²) < 4.78 is 65.0. The van der Waals surface area contributed by atoms with Gasteiger partial charge in [-0.1, -0.05) is 0 Å². The van der Waals surface area contributed by atoms with E-state index in [0.29, 0.717) is 44.7 Å². The van der Waals surface area contributed by atoms with Crippen LogP contribution in [0.3, 0.4) is 0 Å². The van der Waals surface area contributed by atoms with Gasteiger partial charge in [0.1, 0.15) is 5.69 Å². The predicted molar refractivity (Wildman–Crippen MR) is 84.2 cm³/mol. The maximum Gasteiger partial charge on any atom is 0.433 e. The van der Waals surface area contributed by atoms with Crippen LogP contribution in [0.4, 0.5) is 18.9 Å². The van der Waals surface area contributed by atoms with Gasteiger partial charge in [0.05, 0.1) is 5.25 Å². The molecule has 3 rings (SSSR count). The van der Waals surface area contributed by atoms with Crippen LogP contribution in [0.25, 0.3) is 0 Å². The van der Waals surface area contributed by atoms with Crippen LogP contribution in [-0.4, -0.2) is 49.1 Å². The van der Waals surface area contributed by atoms with E-state index in [4.69, 9.17) is 0 Å². The Kier molecular flexibility index (Phi) is 4.74. The van der Waals surface area contributed by atoms with Crippen LogP contribution < -0.4 is 4.90 Å². The third-order valence-corrected chi connectivity index (χ3v) is 7.09. The molecule has 0 saturated carbocycles. The molecule has 0 amide bonds. The molecular weight excluding hydrogens is 343 g/mol. The van der Waals surface area contributed by atoms with Gasteiger partial charge in [-0.25, -0.2) is 12.7 Å². The van der Waals surface area contributed by atoms with E-state index in [1.54, 1.807) is 9.21 Å². The fraction of sp³-hybridized carbons (Fsp3) is 0.667. The average molecular weight is 363 g/mol. The van der Waals surface area contributed by atoms with Gasteiger partial charge in [-0.2, -0.15) is 13.2 Å². The third kappa shape index (κ3) is 3.51. The summed E-state index contributed by atoms with van der Waals surface area (Å²) >= 11 is 0. The minimum Gasteiger partial charge on any atom is -0.371 e. The Balaban J connectivity index is 1.67. The first-order valence-electron chi connectivity index (χ1n) is 8.05. The standard InChI is InChI=1S/C15H20F3N3O2S/c16-15(17,18)14-11-12(3-6-19-14)20-9-4-13(5-10-20)24(22,23)21-7-1-2-8-21/h3,6,11,13H,1-2,4-5,7-10H2. The highest BCUT2D eigenvalue weighted by atomic mass is 32.2. The number of anilines is 1. The molecule has 1 aromatic heterocycles. The molecule has 2 aliphatic heterocycles. The molecule has 134 valence electrons. The van der Waals surface area contributed by atoms with Gasteiger partial charge >= 0.3 is 6.18 Å². The van der Waals surface area contributed by atoms with E-state index in [1.165, 1.54) is 6.07 Å². The number of alkyl halides is 3. The van der Waals surface area contributed by atoms with Gasteiger partial charge in [0, 0.05) is 38.1 Å². The number of piperidine rings is 1. The molecule has 0 radical (unpaired) electrons. The monoisotopic (exact) mass is 363 g/mol. The lowest BCUT2D eigenvalue weighted by Gasteiger charge is -2.35. The molecule has 2 saturated heterocycles. The maximum atomic E-state index is 12.8. The second-order valence-electron chi connectivity index (χ2n) is 6.23. The third-order valence-electron chi connectivity index (χ3n) is 4.69. The van der Waals surface area contributed by atoms with Crippen molar-refractivity contribution in [3.63, 3.8) is 0 Å². The van der Waals surface area contributed by atoms with Crippen molar-refractivity contribution in [2.24, 2.45) is 0 Å². The van der Waals surface area contributed by atoms with Gasteiger partial charge < -0.3 is 4.90 Å². The van der Waals surface area contributed by atoms with Crippen LogP contribution in [0.1, 0.15) is 31.4 Å². The Hall–Kier alpha value is -1.35. The van der Waals surface area contributed by atoms with Crippen molar-refractivity contribution in [1.29, 1.82) is 0 Å². The van der Waals surface area contributed by atoms with E-state index < -0.39 is 27.1 Å². The first kappa shape index (κ1) is 17.5. The van der Waals surface area contributed by atoms with E-state index in [2.05, 4.69) is 4.98 Å². The van der Waals surface area contributed by atoms with Crippen molar-refractivity contribution in [2.75, 3.05) is 31.1 Å². The second kappa shape index (κ2) is 6.51. The van der Waals surface area contributed by atoms with Gasteiger partial charge in [0.25, 0.3) is 0 Å². The molecule has 0 aromatic carbocycles. The molecule has 0 spiro atoms. The van der Waals surface area contributed by atoms with E-state index >= 15 is 0 Å². The van der Waals surface area contributed by atoms with Crippen molar-refractivity contribution >= 4 is 15.7 Å². The minimum absolute atomic E-state index is 0.430. The predicted octanol–water partition coefficient (Wildman–Crippen LogP) is 2.49. The molecule has 5 nitrogen and oxygen atoms in total. The lowest BCUT2D eigenvalue weighted by atomic mass is 10.1. The molecule has 9 heteroatoms. The zero-order valence-corrected chi connectivity index (χ0v) is 14.0. The molecule has 0 bridgehead atoms. The molecule has 1 aromatic rings. The molecule has 0 unspecified atom stereocenters. The summed E-state index contributed by atoms with van der Waals surface area (Å²) in [5.41, 5.74) is -0.485. The van der Waals surface area contributed by atoms with Crippen LogP contribution in [0.15, 0.2) is 18.3 Å². The average Bonchev–Trinajstić information content (AvgIpc) is 3.10. The minimum atomic E-state index is -4.48. The van der Waals surface area contributed by atoms with E-state index in [1.807, 2.05) is 0 Å². The Morgan fingerprint density at radius 2 is 1.71 bits per heavy atom. The Labute approximate surface area is 139 Å². The Bertz CT molecular complexity index is 679. The Morgan fingerprint density at radius 3 is 2.29 bits per heavy atom. The van der Waals surface area contributed by atoms with Gasteiger partial charge in [-0.05, 0) is 37.8 Å². The smallest absolute Gasteiger partial charge is 0.371 e. The normalized spacial score (nSPS) is 21.4.